The van der Waals surface area contributed by atoms with Gasteiger partial charge in [0.1, 0.15) is 0 Å². The van der Waals surface area contributed by atoms with Gasteiger partial charge in [-0.15, -0.1) is 0 Å². The first-order valence-corrected chi connectivity index (χ1v) is 5.36. The van der Waals surface area contributed by atoms with E-state index in [1.165, 1.54) is 0 Å². The number of nitrogens with zero attached hydrogens (tertiary/aromatic N) is 1. The number of amides is 1. The van der Waals surface area contributed by atoms with Crippen molar-refractivity contribution in [2.45, 2.75) is 26.4 Å². The van der Waals surface area contributed by atoms with Crippen molar-refractivity contribution < 1.29 is 19.5 Å². The summed E-state index contributed by atoms with van der Waals surface area (Å²) in [6.07, 6.45) is -0.482. The van der Waals surface area contributed by atoms with Crippen LogP contribution in [0.25, 0.3) is 0 Å². The maximum absolute atomic E-state index is 11.2. The summed E-state index contributed by atoms with van der Waals surface area (Å²) in [4.78, 5) is 11.9. The van der Waals surface area contributed by atoms with Crippen LogP contribution >= 0.6 is 0 Å². The van der Waals surface area contributed by atoms with Crippen LogP contribution in [0.4, 0.5) is 4.79 Å². The Labute approximate surface area is 102 Å². The molecule has 0 aromatic carbocycles. The number of hydrogen-bond acceptors (Lipinski definition) is 5. The fourth-order valence-electron chi connectivity index (χ4n) is 0.864. The van der Waals surface area contributed by atoms with E-state index in [2.05, 4.69) is 5.32 Å². The van der Waals surface area contributed by atoms with E-state index in [1.807, 2.05) is 0 Å². The van der Waals surface area contributed by atoms with Gasteiger partial charge in [0.05, 0.1) is 0 Å². The van der Waals surface area contributed by atoms with Crippen LogP contribution < -0.4 is 5.32 Å². The van der Waals surface area contributed by atoms with Crippen LogP contribution in [0, 0.1) is 5.31 Å². The molecule has 0 spiro atoms. The number of carbonyl (C=O) groups excluding carboxylic acids is 1. The van der Waals surface area contributed by atoms with Crippen molar-refractivity contribution in [3.63, 3.8) is 0 Å². The summed E-state index contributed by atoms with van der Waals surface area (Å²) in [5, 5.41) is 18.1. The summed E-state index contributed by atoms with van der Waals surface area (Å²) < 4.78 is 10.1. The van der Waals surface area contributed by atoms with Crippen molar-refractivity contribution in [3.05, 3.63) is 0 Å². The van der Waals surface area contributed by atoms with E-state index >= 15 is 0 Å². The van der Waals surface area contributed by atoms with Crippen LogP contribution in [-0.4, -0.2) is 55.4 Å². The Balaban J connectivity index is 3.40. The maximum atomic E-state index is 11.2. The summed E-state index contributed by atoms with van der Waals surface area (Å²) in [5.41, 5.74) is -0.508. The Morgan fingerprint density at radius 2 is 2.12 bits per heavy atom. The van der Waals surface area contributed by atoms with Crippen LogP contribution in [0.15, 0.2) is 0 Å². The first-order valence-electron chi connectivity index (χ1n) is 5.36. The quantitative estimate of drug-likeness (QED) is 0.347. The molecule has 0 aliphatic rings. The molecule has 0 saturated carbocycles. The van der Waals surface area contributed by atoms with Crippen molar-refractivity contribution in [2.24, 2.45) is 0 Å². The van der Waals surface area contributed by atoms with Gasteiger partial charge >= 0.3 is 101 Å². The molecule has 0 rings (SSSR count). The molecule has 98 valence electrons. The van der Waals surface area contributed by atoms with E-state index in [4.69, 9.17) is 20.0 Å². The summed E-state index contributed by atoms with van der Waals surface area (Å²) in [7, 11) is 0.794. The van der Waals surface area contributed by atoms with Crippen molar-refractivity contribution in [3.8, 4) is 0 Å². The van der Waals surface area contributed by atoms with E-state index < -0.39 is 11.7 Å². The summed E-state index contributed by atoms with van der Waals surface area (Å²) in [6.45, 7) is 6.52. The minimum atomic E-state index is -0.508. The number of hydrogen-bond donors (Lipinski definition) is 3. The first-order chi connectivity index (χ1) is 7.85. The van der Waals surface area contributed by atoms with Crippen LogP contribution in [0.3, 0.4) is 0 Å². The standard InChI is InChI=1S/C9H20BN3O4/c1-9(2,3)17-8(14)12-4-6-16-7-5-13(15)10-11/h11,15H,4-7H2,1-3H3,(H,12,14). The molecule has 0 aromatic rings. The zero-order chi connectivity index (χ0) is 13.3. The van der Waals surface area contributed by atoms with E-state index in [0.29, 0.717) is 18.1 Å². The second-order valence-corrected chi connectivity index (χ2v) is 4.33. The molecule has 0 radical (unpaired) electrons. The minimum absolute atomic E-state index is 0.218. The number of alkyl carbamates (subject to hydrolysis) is 1. The Morgan fingerprint density at radius 3 is 2.65 bits per heavy atom. The molecule has 0 aliphatic carbocycles. The third kappa shape index (κ3) is 11.1. The van der Waals surface area contributed by atoms with Gasteiger partial charge in [0.15, 0.2) is 0 Å². The van der Waals surface area contributed by atoms with Gasteiger partial charge in [-0.3, -0.25) is 0 Å². The van der Waals surface area contributed by atoms with Gasteiger partial charge in [-0.05, 0) is 0 Å². The Kier molecular flexibility index (Phi) is 7.48. The van der Waals surface area contributed by atoms with Crippen molar-refractivity contribution in [1.29, 1.82) is 5.31 Å². The molecular weight excluding hydrogens is 225 g/mol. The van der Waals surface area contributed by atoms with Crippen LogP contribution in [-0.2, 0) is 9.47 Å². The van der Waals surface area contributed by atoms with Crippen molar-refractivity contribution >= 4 is 13.3 Å². The SMILES string of the molecule is CC(C)(C)OC(=O)NCCOCCN(O)B=N. The van der Waals surface area contributed by atoms with Crippen LogP contribution in [0.1, 0.15) is 20.8 Å². The predicted molar refractivity (Wildman–Crippen MR) is 62.0 cm³/mol. The number of rotatable bonds is 7. The van der Waals surface area contributed by atoms with Gasteiger partial charge in [-0.1, -0.05) is 0 Å². The summed E-state index contributed by atoms with van der Waals surface area (Å²) >= 11 is 0. The fourth-order valence-corrected chi connectivity index (χ4v) is 0.864. The summed E-state index contributed by atoms with van der Waals surface area (Å²) in [6, 6.07) is 0. The van der Waals surface area contributed by atoms with Crippen molar-refractivity contribution in [1.82, 2.24) is 10.3 Å². The molecule has 0 bridgehead atoms. The Hall–Kier alpha value is -1.15. The van der Waals surface area contributed by atoms with E-state index in [0.717, 1.165) is 7.21 Å². The third-order valence-electron chi connectivity index (χ3n) is 1.53. The molecule has 3 N–H and O–H groups in total. The molecule has 0 saturated heterocycles. The second-order valence-electron chi connectivity index (χ2n) is 4.33. The van der Waals surface area contributed by atoms with Gasteiger partial charge in [-0.2, -0.15) is 0 Å². The number of nitrogens with one attached hydrogen (secondary N) is 2. The number of hydroxylamine groups is 1. The van der Waals surface area contributed by atoms with Gasteiger partial charge in [0.25, 0.3) is 0 Å². The molecule has 0 fully saturated rings. The number of carbonyl (C=O) groups is 1. The van der Waals surface area contributed by atoms with Crippen LogP contribution in [0.5, 0.6) is 0 Å². The van der Waals surface area contributed by atoms with Gasteiger partial charge in [0, 0.05) is 0 Å². The second kappa shape index (κ2) is 8.02. The van der Waals surface area contributed by atoms with Gasteiger partial charge < -0.3 is 0 Å². The molecule has 0 aliphatic heterocycles. The molecule has 17 heavy (non-hydrogen) atoms. The zero-order valence-electron chi connectivity index (χ0n) is 10.5. The zero-order valence-corrected chi connectivity index (χ0v) is 10.5. The third-order valence-corrected chi connectivity index (χ3v) is 1.53. The normalized spacial score (nSPS) is 10.6. The predicted octanol–water partition coefficient (Wildman–Crippen LogP) is 0.600. The first kappa shape index (κ1) is 15.9. The summed E-state index contributed by atoms with van der Waals surface area (Å²) in [5.74, 6) is 0. The molecular formula is C9H20BN3O4. The number of ether oxygens (including phenoxy) is 2. The molecule has 0 heterocycles. The average Bonchev–Trinajstić information content (AvgIpc) is 2.20. The fraction of sp³-hybridized carbons (Fsp3) is 0.889. The molecule has 7 nitrogen and oxygen atoms in total. The van der Waals surface area contributed by atoms with Crippen LogP contribution in [0.2, 0.25) is 0 Å². The van der Waals surface area contributed by atoms with E-state index in [1.54, 1.807) is 20.8 Å². The average molecular weight is 245 g/mol. The molecule has 0 aromatic heterocycles. The van der Waals surface area contributed by atoms with Gasteiger partial charge in [0.2, 0.25) is 0 Å². The molecule has 1 amide bonds. The molecule has 0 unspecified atom stereocenters. The van der Waals surface area contributed by atoms with E-state index in [9.17, 15) is 4.79 Å². The molecule has 8 heteroatoms. The van der Waals surface area contributed by atoms with Crippen molar-refractivity contribution in [2.75, 3.05) is 26.3 Å². The topological polar surface area (TPSA) is 94.9 Å². The van der Waals surface area contributed by atoms with E-state index in [-0.39, 0.29) is 13.2 Å². The molecule has 0 atom stereocenters. The Bertz CT molecular complexity index is 245. The Morgan fingerprint density at radius 1 is 1.47 bits per heavy atom. The van der Waals surface area contributed by atoms with Gasteiger partial charge in [-0.25, -0.2) is 0 Å². The monoisotopic (exact) mass is 245 g/mol.